The quantitative estimate of drug-likeness (QED) is 0.837. The van der Waals surface area contributed by atoms with Gasteiger partial charge in [0.05, 0.1) is 11.4 Å². The molecule has 0 aliphatic carbocycles. The number of carbonyl (C=O) groups excluding carboxylic acids is 1. The summed E-state index contributed by atoms with van der Waals surface area (Å²) in [6.07, 6.45) is 1.56. The Morgan fingerprint density at radius 2 is 2.00 bits per heavy atom. The van der Waals surface area contributed by atoms with Crippen molar-refractivity contribution in [2.24, 2.45) is 0 Å². The Morgan fingerprint density at radius 3 is 2.53 bits per heavy atom. The van der Waals surface area contributed by atoms with E-state index >= 15 is 0 Å². The summed E-state index contributed by atoms with van der Waals surface area (Å²) >= 11 is 5.93. The van der Waals surface area contributed by atoms with Crippen LogP contribution in [0.5, 0.6) is 0 Å². The summed E-state index contributed by atoms with van der Waals surface area (Å²) in [5, 5.41) is 3.42. The topological polar surface area (TPSA) is 32.3 Å². The maximum Gasteiger partial charge on any atom is 0.248 e. The average molecular weight is 253 g/mol. The number of anilines is 2. The zero-order valence-electron chi connectivity index (χ0n) is 10.5. The van der Waals surface area contributed by atoms with Gasteiger partial charge in [-0.15, -0.1) is 0 Å². The number of nitrogens with zero attached hydrogens (tertiary/aromatic N) is 1. The SMILES string of the molecule is CC(C)=CC(=O)Nc1cc(Cl)ccc1N(C)C. The maximum atomic E-state index is 11.7. The summed E-state index contributed by atoms with van der Waals surface area (Å²) in [5.74, 6) is -0.143. The zero-order valence-corrected chi connectivity index (χ0v) is 11.3. The molecule has 0 fully saturated rings. The van der Waals surface area contributed by atoms with Gasteiger partial charge in [0, 0.05) is 25.2 Å². The predicted molar refractivity (Wildman–Crippen MR) is 73.8 cm³/mol. The van der Waals surface area contributed by atoms with E-state index in [1.807, 2.05) is 38.9 Å². The Bertz CT molecular complexity index is 449. The van der Waals surface area contributed by atoms with E-state index < -0.39 is 0 Å². The van der Waals surface area contributed by atoms with Crippen LogP contribution in [0, 0.1) is 0 Å². The van der Waals surface area contributed by atoms with Crippen LogP contribution < -0.4 is 10.2 Å². The van der Waals surface area contributed by atoms with E-state index in [1.165, 1.54) is 0 Å². The molecule has 0 bridgehead atoms. The van der Waals surface area contributed by atoms with Gasteiger partial charge in [-0.3, -0.25) is 4.79 Å². The molecular weight excluding hydrogens is 236 g/mol. The van der Waals surface area contributed by atoms with Gasteiger partial charge in [-0.2, -0.15) is 0 Å². The molecule has 0 heterocycles. The first-order valence-electron chi connectivity index (χ1n) is 5.33. The normalized spacial score (nSPS) is 9.71. The third-order valence-corrected chi connectivity index (χ3v) is 2.35. The first-order valence-corrected chi connectivity index (χ1v) is 5.70. The summed E-state index contributed by atoms with van der Waals surface area (Å²) < 4.78 is 0. The second-order valence-electron chi connectivity index (χ2n) is 4.27. The lowest BCUT2D eigenvalue weighted by atomic mass is 10.2. The van der Waals surface area contributed by atoms with E-state index in [4.69, 9.17) is 11.6 Å². The second kappa shape index (κ2) is 5.73. The molecule has 0 aliphatic heterocycles. The Labute approximate surface area is 107 Å². The van der Waals surface area contributed by atoms with Crippen molar-refractivity contribution in [2.75, 3.05) is 24.3 Å². The van der Waals surface area contributed by atoms with Crippen LogP contribution in [0.15, 0.2) is 29.8 Å². The van der Waals surface area contributed by atoms with E-state index in [0.717, 1.165) is 11.3 Å². The summed E-state index contributed by atoms with van der Waals surface area (Å²) in [6, 6.07) is 5.42. The number of halogens is 1. The van der Waals surface area contributed by atoms with E-state index in [2.05, 4.69) is 5.32 Å². The minimum Gasteiger partial charge on any atom is -0.376 e. The highest BCUT2D eigenvalue weighted by Crippen LogP contribution is 2.27. The Balaban J connectivity index is 3.00. The fourth-order valence-electron chi connectivity index (χ4n) is 1.43. The van der Waals surface area contributed by atoms with Gasteiger partial charge in [-0.1, -0.05) is 17.2 Å². The molecule has 1 amide bonds. The molecule has 0 radical (unpaired) electrons. The number of amides is 1. The van der Waals surface area contributed by atoms with Crippen LogP contribution in [-0.4, -0.2) is 20.0 Å². The smallest absolute Gasteiger partial charge is 0.248 e. The molecule has 3 nitrogen and oxygen atoms in total. The molecule has 1 N–H and O–H groups in total. The number of hydrogen-bond acceptors (Lipinski definition) is 2. The molecule has 0 aliphatic rings. The van der Waals surface area contributed by atoms with E-state index in [0.29, 0.717) is 10.7 Å². The number of nitrogens with one attached hydrogen (secondary N) is 1. The van der Waals surface area contributed by atoms with E-state index in [-0.39, 0.29) is 5.91 Å². The predicted octanol–water partition coefficient (Wildman–Crippen LogP) is 3.31. The lowest BCUT2D eigenvalue weighted by molar-refractivity contribution is -0.111. The maximum absolute atomic E-state index is 11.7. The molecule has 0 spiro atoms. The summed E-state index contributed by atoms with van der Waals surface area (Å²) in [6.45, 7) is 3.76. The van der Waals surface area contributed by atoms with E-state index in [9.17, 15) is 4.79 Å². The monoisotopic (exact) mass is 252 g/mol. The van der Waals surface area contributed by atoms with E-state index in [1.54, 1.807) is 18.2 Å². The molecule has 1 rings (SSSR count). The van der Waals surface area contributed by atoms with Crippen molar-refractivity contribution in [1.29, 1.82) is 0 Å². The Morgan fingerprint density at radius 1 is 1.35 bits per heavy atom. The van der Waals surface area contributed by atoms with Crippen molar-refractivity contribution >= 4 is 28.9 Å². The number of carbonyl (C=O) groups is 1. The molecule has 1 aromatic carbocycles. The molecule has 0 saturated heterocycles. The van der Waals surface area contributed by atoms with Gasteiger partial charge in [-0.25, -0.2) is 0 Å². The molecule has 4 heteroatoms. The highest BCUT2D eigenvalue weighted by molar-refractivity contribution is 6.31. The molecular formula is C13H17ClN2O. The molecule has 0 saturated carbocycles. The van der Waals surface area contributed by atoms with Crippen molar-refractivity contribution in [1.82, 2.24) is 0 Å². The van der Waals surface area contributed by atoms with Crippen molar-refractivity contribution in [2.45, 2.75) is 13.8 Å². The number of hydrogen-bond donors (Lipinski definition) is 1. The van der Waals surface area contributed by atoms with Gasteiger partial charge in [-0.05, 0) is 32.0 Å². The number of benzene rings is 1. The summed E-state index contributed by atoms with van der Waals surface area (Å²) in [7, 11) is 3.83. The number of rotatable bonds is 3. The highest BCUT2D eigenvalue weighted by Gasteiger charge is 2.07. The summed E-state index contributed by atoms with van der Waals surface area (Å²) in [5.41, 5.74) is 2.59. The third kappa shape index (κ3) is 4.11. The second-order valence-corrected chi connectivity index (χ2v) is 4.70. The zero-order chi connectivity index (χ0) is 13.0. The van der Waals surface area contributed by atoms with Crippen LogP contribution >= 0.6 is 11.6 Å². The standard InChI is InChI=1S/C13H17ClN2O/c1-9(2)7-13(17)15-11-8-10(14)5-6-12(11)16(3)4/h5-8H,1-4H3,(H,15,17). The third-order valence-electron chi connectivity index (χ3n) is 2.12. The van der Waals surface area contributed by atoms with Crippen LogP contribution in [0.2, 0.25) is 5.02 Å². The van der Waals surface area contributed by atoms with Crippen molar-refractivity contribution < 1.29 is 4.79 Å². The van der Waals surface area contributed by atoms with Crippen LogP contribution in [0.4, 0.5) is 11.4 Å². The van der Waals surface area contributed by atoms with Crippen LogP contribution in [0.25, 0.3) is 0 Å². The van der Waals surface area contributed by atoms with Gasteiger partial charge >= 0.3 is 0 Å². The molecule has 92 valence electrons. The minimum atomic E-state index is -0.143. The van der Waals surface area contributed by atoms with Crippen LogP contribution in [0.3, 0.4) is 0 Å². The first-order chi connectivity index (χ1) is 7.90. The largest absolute Gasteiger partial charge is 0.376 e. The first kappa shape index (κ1) is 13.6. The minimum absolute atomic E-state index is 0.143. The van der Waals surface area contributed by atoms with Gasteiger partial charge in [0.2, 0.25) is 5.91 Å². The van der Waals surface area contributed by atoms with Crippen molar-refractivity contribution in [3.8, 4) is 0 Å². The fourth-order valence-corrected chi connectivity index (χ4v) is 1.60. The fraction of sp³-hybridized carbons (Fsp3) is 0.308. The Hall–Kier alpha value is -1.48. The number of allylic oxidation sites excluding steroid dienone is 1. The molecule has 1 aromatic rings. The average Bonchev–Trinajstić information content (AvgIpc) is 2.15. The summed E-state index contributed by atoms with van der Waals surface area (Å²) in [4.78, 5) is 13.6. The molecule has 0 aromatic heterocycles. The van der Waals surface area contributed by atoms with Crippen molar-refractivity contribution in [3.05, 3.63) is 34.9 Å². The lowest BCUT2D eigenvalue weighted by Crippen LogP contribution is -2.15. The van der Waals surface area contributed by atoms with Crippen LogP contribution in [0.1, 0.15) is 13.8 Å². The van der Waals surface area contributed by atoms with Gasteiger partial charge in [0.1, 0.15) is 0 Å². The lowest BCUT2D eigenvalue weighted by Gasteiger charge is -2.17. The molecule has 17 heavy (non-hydrogen) atoms. The van der Waals surface area contributed by atoms with Gasteiger partial charge in [0.25, 0.3) is 0 Å². The molecule has 0 atom stereocenters. The van der Waals surface area contributed by atoms with Crippen molar-refractivity contribution in [3.63, 3.8) is 0 Å². The molecule has 0 unspecified atom stereocenters. The Kier molecular flexibility index (Phi) is 4.58. The van der Waals surface area contributed by atoms with Gasteiger partial charge < -0.3 is 10.2 Å². The van der Waals surface area contributed by atoms with Gasteiger partial charge in [0.15, 0.2) is 0 Å². The highest BCUT2D eigenvalue weighted by atomic mass is 35.5. The van der Waals surface area contributed by atoms with Crippen LogP contribution in [-0.2, 0) is 4.79 Å².